The maximum Gasteiger partial charge on any atom is 0.306 e. The summed E-state index contributed by atoms with van der Waals surface area (Å²) in [6, 6.07) is 0.238. The molecule has 4 N–H and O–H groups in total. The Labute approximate surface area is 101 Å². The van der Waals surface area contributed by atoms with Crippen LogP contribution in [0.3, 0.4) is 0 Å². The average Bonchev–Trinajstić information content (AvgIpc) is 2.28. The summed E-state index contributed by atoms with van der Waals surface area (Å²) in [5.74, 6) is -1.41. The Morgan fingerprint density at radius 2 is 2.18 bits per heavy atom. The number of aliphatic carboxylic acids is 1. The number of nitrogens with one attached hydrogen (secondary N) is 1. The highest BCUT2D eigenvalue weighted by Gasteiger charge is 2.26. The second-order valence-corrected chi connectivity index (χ2v) is 4.37. The lowest BCUT2D eigenvalue weighted by molar-refractivity contribution is -0.143. The van der Waals surface area contributed by atoms with Gasteiger partial charge in [0.15, 0.2) is 0 Å². The Balaban J connectivity index is 2.10. The normalized spacial score (nSPS) is 24.5. The topological polar surface area (TPSA) is 102 Å². The van der Waals surface area contributed by atoms with E-state index in [2.05, 4.69) is 5.32 Å². The maximum atomic E-state index is 10.8. The molecule has 1 aliphatic rings. The molecule has 1 saturated carbocycles. The van der Waals surface area contributed by atoms with E-state index in [-0.39, 0.29) is 18.6 Å². The van der Waals surface area contributed by atoms with Crippen molar-refractivity contribution in [2.45, 2.75) is 31.7 Å². The van der Waals surface area contributed by atoms with Crippen molar-refractivity contribution in [2.75, 3.05) is 19.8 Å². The molecule has 6 nitrogen and oxygen atoms in total. The van der Waals surface area contributed by atoms with Gasteiger partial charge in [0.1, 0.15) is 6.61 Å². The van der Waals surface area contributed by atoms with E-state index >= 15 is 0 Å². The van der Waals surface area contributed by atoms with Crippen LogP contribution in [0.2, 0.25) is 0 Å². The van der Waals surface area contributed by atoms with Crippen LogP contribution in [-0.4, -0.2) is 42.8 Å². The number of hydrogen-bond donors (Lipinski definition) is 3. The van der Waals surface area contributed by atoms with Crippen molar-refractivity contribution in [3.63, 3.8) is 0 Å². The molecule has 6 heteroatoms. The molecular formula is C11H20N2O4. The fraction of sp³-hybridized carbons (Fsp3) is 0.818. The molecule has 0 spiro atoms. The number of primary amides is 1. The fourth-order valence-corrected chi connectivity index (χ4v) is 2.11. The predicted molar refractivity (Wildman–Crippen MR) is 61.4 cm³/mol. The highest BCUT2D eigenvalue weighted by molar-refractivity contribution is 5.74. The number of amides is 1. The first-order valence-corrected chi connectivity index (χ1v) is 5.92. The first-order valence-electron chi connectivity index (χ1n) is 5.92. The molecule has 1 rings (SSSR count). The van der Waals surface area contributed by atoms with E-state index in [4.69, 9.17) is 15.6 Å². The first kappa shape index (κ1) is 13.9. The summed E-state index contributed by atoms with van der Waals surface area (Å²) >= 11 is 0. The van der Waals surface area contributed by atoms with E-state index in [1.807, 2.05) is 0 Å². The highest BCUT2D eigenvalue weighted by Crippen LogP contribution is 2.24. The lowest BCUT2D eigenvalue weighted by atomic mass is 9.86. The molecule has 17 heavy (non-hydrogen) atoms. The quantitative estimate of drug-likeness (QED) is 0.535. The van der Waals surface area contributed by atoms with E-state index < -0.39 is 11.9 Å². The third-order valence-electron chi connectivity index (χ3n) is 2.95. The number of ether oxygens (including phenoxy) is 1. The van der Waals surface area contributed by atoms with E-state index in [1.54, 1.807) is 0 Å². The third kappa shape index (κ3) is 5.65. The van der Waals surface area contributed by atoms with Gasteiger partial charge < -0.3 is 20.9 Å². The van der Waals surface area contributed by atoms with Gasteiger partial charge in [-0.2, -0.15) is 0 Å². The summed E-state index contributed by atoms with van der Waals surface area (Å²) in [7, 11) is 0. The number of carboxylic acid groups (broad SMARTS) is 1. The van der Waals surface area contributed by atoms with E-state index in [1.165, 1.54) is 0 Å². The average molecular weight is 244 g/mol. The summed E-state index contributed by atoms with van der Waals surface area (Å²) in [4.78, 5) is 21.2. The van der Waals surface area contributed by atoms with Crippen molar-refractivity contribution in [2.24, 2.45) is 11.7 Å². The molecule has 0 aromatic rings. The Kier molecular flexibility index (Phi) is 5.93. The van der Waals surface area contributed by atoms with Crippen molar-refractivity contribution >= 4 is 11.9 Å². The van der Waals surface area contributed by atoms with Crippen LogP contribution in [0.15, 0.2) is 0 Å². The summed E-state index contributed by atoms with van der Waals surface area (Å²) in [5, 5.41) is 12.2. The Bertz CT molecular complexity index is 270. The number of carbonyl (C=O) groups excluding carboxylic acids is 1. The zero-order valence-electron chi connectivity index (χ0n) is 9.85. The molecule has 1 amide bonds. The number of carboxylic acids is 1. The zero-order valence-corrected chi connectivity index (χ0v) is 9.85. The number of hydrogen-bond acceptors (Lipinski definition) is 4. The Morgan fingerprint density at radius 1 is 1.41 bits per heavy atom. The van der Waals surface area contributed by atoms with Gasteiger partial charge in [-0.05, 0) is 19.3 Å². The Morgan fingerprint density at radius 3 is 2.82 bits per heavy atom. The SMILES string of the molecule is NC(=O)COCCNC1CCCC(C(=O)O)C1. The zero-order chi connectivity index (χ0) is 12.7. The summed E-state index contributed by atoms with van der Waals surface area (Å²) in [5.41, 5.74) is 4.92. The van der Waals surface area contributed by atoms with E-state index in [0.29, 0.717) is 19.6 Å². The van der Waals surface area contributed by atoms with Crippen molar-refractivity contribution in [1.29, 1.82) is 0 Å². The monoisotopic (exact) mass is 244 g/mol. The number of carbonyl (C=O) groups is 2. The lowest BCUT2D eigenvalue weighted by Gasteiger charge is -2.27. The summed E-state index contributed by atoms with van der Waals surface area (Å²) < 4.78 is 5.01. The van der Waals surface area contributed by atoms with Gasteiger partial charge in [0.25, 0.3) is 0 Å². The highest BCUT2D eigenvalue weighted by atomic mass is 16.5. The van der Waals surface area contributed by atoms with Crippen LogP contribution in [0.5, 0.6) is 0 Å². The van der Waals surface area contributed by atoms with Gasteiger partial charge >= 0.3 is 5.97 Å². The van der Waals surface area contributed by atoms with Crippen LogP contribution in [0.25, 0.3) is 0 Å². The standard InChI is InChI=1S/C11H20N2O4/c12-10(14)7-17-5-4-13-9-3-1-2-8(6-9)11(15)16/h8-9,13H,1-7H2,(H2,12,14)(H,15,16). The van der Waals surface area contributed by atoms with Crippen molar-refractivity contribution < 1.29 is 19.4 Å². The fourth-order valence-electron chi connectivity index (χ4n) is 2.11. The van der Waals surface area contributed by atoms with E-state index in [0.717, 1.165) is 19.3 Å². The van der Waals surface area contributed by atoms with Gasteiger partial charge in [0, 0.05) is 12.6 Å². The summed E-state index contributed by atoms with van der Waals surface area (Å²) in [6.45, 7) is 0.964. The van der Waals surface area contributed by atoms with Crippen molar-refractivity contribution in [3.8, 4) is 0 Å². The molecule has 0 aromatic carbocycles. The largest absolute Gasteiger partial charge is 0.481 e. The Hall–Kier alpha value is -1.14. The summed E-state index contributed by atoms with van der Waals surface area (Å²) in [6.07, 6.45) is 3.38. The van der Waals surface area contributed by atoms with Gasteiger partial charge in [-0.15, -0.1) is 0 Å². The van der Waals surface area contributed by atoms with Gasteiger partial charge in [-0.3, -0.25) is 9.59 Å². The second-order valence-electron chi connectivity index (χ2n) is 4.37. The van der Waals surface area contributed by atoms with Gasteiger partial charge in [-0.1, -0.05) is 6.42 Å². The molecular weight excluding hydrogens is 224 g/mol. The molecule has 0 radical (unpaired) electrons. The van der Waals surface area contributed by atoms with Crippen LogP contribution in [0.1, 0.15) is 25.7 Å². The third-order valence-corrected chi connectivity index (χ3v) is 2.95. The molecule has 98 valence electrons. The minimum atomic E-state index is -0.707. The molecule has 0 saturated heterocycles. The van der Waals surface area contributed by atoms with Crippen LogP contribution in [0, 0.1) is 5.92 Å². The molecule has 0 aromatic heterocycles. The van der Waals surface area contributed by atoms with Crippen LogP contribution >= 0.6 is 0 Å². The van der Waals surface area contributed by atoms with Crippen molar-refractivity contribution in [3.05, 3.63) is 0 Å². The molecule has 0 aliphatic heterocycles. The smallest absolute Gasteiger partial charge is 0.306 e. The van der Waals surface area contributed by atoms with Crippen LogP contribution < -0.4 is 11.1 Å². The number of rotatable bonds is 7. The first-order chi connectivity index (χ1) is 8.09. The van der Waals surface area contributed by atoms with Crippen LogP contribution in [0.4, 0.5) is 0 Å². The second kappa shape index (κ2) is 7.24. The number of nitrogens with two attached hydrogens (primary N) is 1. The molecule has 0 bridgehead atoms. The molecule has 2 unspecified atom stereocenters. The molecule has 2 atom stereocenters. The van der Waals surface area contributed by atoms with Gasteiger partial charge in [0.2, 0.25) is 5.91 Å². The van der Waals surface area contributed by atoms with Gasteiger partial charge in [0.05, 0.1) is 12.5 Å². The van der Waals surface area contributed by atoms with Gasteiger partial charge in [-0.25, -0.2) is 0 Å². The van der Waals surface area contributed by atoms with Crippen molar-refractivity contribution in [1.82, 2.24) is 5.32 Å². The minimum Gasteiger partial charge on any atom is -0.481 e. The molecule has 1 fully saturated rings. The van der Waals surface area contributed by atoms with Crippen LogP contribution in [-0.2, 0) is 14.3 Å². The molecule has 0 heterocycles. The van der Waals surface area contributed by atoms with E-state index in [9.17, 15) is 9.59 Å². The molecule has 1 aliphatic carbocycles. The lowest BCUT2D eigenvalue weighted by Crippen LogP contribution is -2.38. The predicted octanol–water partition coefficient (Wildman–Crippen LogP) is -0.279. The minimum absolute atomic E-state index is 0.0654. The maximum absolute atomic E-state index is 10.8.